The third-order valence-electron chi connectivity index (χ3n) is 3.33. The molecular formula is C15H12BrClFNS. The van der Waals surface area contributed by atoms with Gasteiger partial charge in [0.25, 0.3) is 0 Å². The van der Waals surface area contributed by atoms with E-state index >= 15 is 0 Å². The van der Waals surface area contributed by atoms with Crippen molar-refractivity contribution in [2.75, 3.05) is 17.6 Å². The zero-order valence-electron chi connectivity index (χ0n) is 10.5. The third kappa shape index (κ3) is 2.83. The van der Waals surface area contributed by atoms with Crippen LogP contribution in [0.4, 0.5) is 10.1 Å². The number of anilines is 1. The summed E-state index contributed by atoms with van der Waals surface area (Å²) in [7, 11) is 0. The number of hydrogen-bond donors (Lipinski definition) is 1. The van der Waals surface area contributed by atoms with E-state index in [9.17, 15) is 4.39 Å². The molecule has 1 aliphatic heterocycles. The van der Waals surface area contributed by atoms with Crippen LogP contribution in [0.1, 0.15) is 11.5 Å². The lowest BCUT2D eigenvalue weighted by Crippen LogP contribution is -2.13. The van der Waals surface area contributed by atoms with Crippen molar-refractivity contribution in [2.45, 2.75) is 10.8 Å². The van der Waals surface area contributed by atoms with Crippen LogP contribution in [0.2, 0.25) is 5.02 Å². The molecule has 0 radical (unpaired) electrons. The molecule has 20 heavy (non-hydrogen) atoms. The van der Waals surface area contributed by atoms with Crippen molar-refractivity contribution in [3.63, 3.8) is 0 Å². The van der Waals surface area contributed by atoms with Gasteiger partial charge in [-0.1, -0.05) is 29.8 Å². The number of rotatable bonds is 3. The van der Waals surface area contributed by atoms with E-state index in [1.165, 1.54) is 22.6 Å². The highest BCUT2D eigenvalue weighted by molar-refractivity contribution is 9.10. The van der Waals surface area contributed by atoms with Crippen LogP contribution in [0, 0.1) is 5.82 Å². The van der Waals surface area contributed by atoms with Gasteiger partial charge in [-0.25, -0.2) is 4.39 Å². The molecule has 1 unspecified atom stereocenters. The quantitative estimate of drug-likeness (QED) is 0.759. The van der Waals surface area contributed by atoms with Crippen molar-refractivity contribution < 1.29 is 4.39 Å². The topological polar surface area (TPSA) is 12.0 Å². The van der Waals surface area contributed by atoms with Gasteiger partial charge in [-0.2, -0.15) is 0 Å². The zero-order chi connectivity index (χ0) is 14.1. The smallest absolute Gasteiger partial charge is 0.125 e. The van der Waals surface area contributed by atoms with Crippen LogP contribution in [0.25, 0.3) is 0 Å². The van der Waals surface area contributed by atoms with Gasteiger partial charge in [0, 0.05) is 27.6 Å². The van der Waals surface area contributed by atoms with Gasteiger partial charge in [0.2, 0.25) is 0 Å². The molecule has 1 atom stereocenters. The van der Waals surface area contributed by atoms with Crippen molar-refractivity contribution in [2.24, 2.45) is 0 Å². The van der Waals surface area contributed by atoms with E-state index in [2.05, 4.69) is 45.5 Å². The van der Waals surface area contributed by atoms with E-state index < -0.39 is 0 Å². The van der Waals surface area contributed by atoms with E-state index in [0.717, 1.165) is 18.0 Å². The second-order valence-corrected chi connectivity index (χ2v) is 6.99. The van der Waals surface area contributed by atoms with Crippen molar-refractivity contribution in [1.29, 1.82) is 0 Å². The van der Waals surface area contributed by atoms with Crippen molar-refractivity contribution >= 4 is 45.0 Å². The molecule has 0 amide bonds. The van der Waals surface area contributed by atoms with Crippen LogP contribution in [-0.4, -0.2) is 12.3 Å². The van der Waals surface area contributed by atoms with E-state index in [1.54, 1.807) is 0 Å². The molecule has 0 aromatic heterocycles. The number of halogens is 3. The monoisotopic (exact) mass is 371 g/mol. The van der Waals surface area contributed by atoms with E-state index in [0.29, 0.717) is 15.4 Å². The van der Waals surface area contributed by atoms with E-state index in [1.807, 2.05) is 11.8 Å². The highest BCUT2D eigenvalue weighted by Crippen LogP contribution is 2.40. The normalized spacial score (nSPS) is 17.1. The minimum atomic E-state index is -0.339. The molecule has 104 valence electrons. The molecular weight excluding hydrogens is 361 g/mol. The van der Waals surface area contributed by atoms with Crippen molar-refractivity contribution in [3.8, 4) is 0 Å². The van der Waals surface area contributed by atoms with E-state index in [4.69, 9.17) is 11.6 Å². The summed E-state index contributed by atoms with van der Waals surface area (Å²) in [4.78, 5) is 1.35. The van der Waals surface area contributed by atoms with Crippen molar-refractivity contribution in [1.82, 2.24) is 0 Å². The summed E-state index contributed by atoms with van der Waals surface area (Å²) >= 11 is 11.3. The van der Waals surface area contributed by atoms with Gasteiger partial charge in [-0.3, -0.25) is 0 Å². The molecule has 5 heteroatoms. The summed E-state index contributed by atoms with van der Waals surface area (Å²) in [5.74, 6) is 1.17. The first kappa shape index (κ1) is 14.2. The standard InChI is InChI=1S/C15H12BrClFNS/c16-12-5-10(18)6-13(17)15(12)19-7-9-8-20-14-4-2-1-3-11(9)14/h1-6,9,19H,7-8H2. The number of benzene rings is 2. The molecule has 2 aromatic rings. The average Bonchev–Trinajstić information content (AvgIpc) is 2.81. The lowest BCUT2D eigenvalue weighted by molar-refractivity contribution is 0.627. The van der Waals surface area contributed by atoms with Gasteiger partial charge in [0.15, 0.2) is 0 Å². The molecule has 1 aliphatic rings. The van der Waals surface area contributed by atoms with Gasteiger partial charge in [0.1, 0.15) is 5.82 Å². The Balaban J connectivity index is 1.76. The summed E-state index contributed by atoms with van der Waals surface area (Å²) in [5, 5.41) is 3.73. The summed E-state index contributed by atoms with van der Waals surface area (Å²) in [6.45, 7) is 0.786. The molecule has 0 spiro atoms. The van der Waals surface area contributed by atoms with Crippen molar-refractivity contribution in [3.05, 3.63) is 57.3 Å². The van der Waals surface area contributed by atoms with Gasteiger partial charge >= 0.3 is 0 Å². The molecule has 1 N–H and O–H groups in total. The average molecular weight is 373 g/mol. The molecule has 0 bridgehead atoms. The van der Waals surface area contributed by atoms with Crippen LogP contribution in [0.15, 0.2) is 45.8 Å². The summed E-state index contributed by atoms with van der Waals surface area (Å²) in [6, 6.07) is 11.2. The van der Waals surface area contributed by atoms with Crippen LogP contribution in [0.3, 0.4) is 0 Å². The van der Waals surface area contributed by atoms with Crippen LogP contribution >= 0.6 is 39.3 Å². The Bertz CT molecular complexity index is 627. The molecule has 1 heterocycles. The zero-order valence-corrected chi connectivity index (χ0v) is 13.7. The Labute approximate surface area is 135 Å². The number of fused-ring (bicyclic) bond motifs is 1. The first-order chi connectivity index (χ1) is 9.65. The Hall–Kier alpha value is -0.710. The predicted octanol–water partition coefficient (Wildman–Crippen LogP) is 5.54. The molecule has 0 saturated carbocycles. The largest absolute Gasteiger partial charge is 0.382 e. The minimum absolute atomic E-state index is 0.339. The van der Waals surface area contributed by atoms with Gasteiger partial charge in [-0.05, 0) is 39.7 Å². The predicted molar refractivity (Wildman–Crippen MR) is 87.5 cm³/mol. The molecule has 1 nitrogen and oxygen atoms in total. The fourth-order valence-electron chi connectivity index (χ4n) is 2.33. The van der Waals surface area contributed by atoms with Gasteiger partial charge < -0.3 is 5.32 Å². The third-order valence-corrected chi connectivity index (χ3v) is 5.51. The van der Waals surface area contributed by atoms with Crippen LogP contribution in [-0.2, 0) is 0 Å². The number of hydrogen-bond acceptors (Lipinski definition) is 2. The fourth-order valence-corrected chi connectivity index (χ4v) is 4.55. The number of thioether (sulfide) groups is 1. The molecule has 0 aliphatic carbocycles. The van der Waals surface area contributed by atoms with E-state index in [-0.39, 0.29) is 5.82 Å². The van der Waals surface area contributed by atoms with Gasteiger partial charge in [0.05, 0.1) is 10.7 Å². The molecule has 0 saturated heterocycles. The highest BCUT2D eigenvalue weighted by atomic mass is 79.9. The summed E-state index contributed by atoms with van der Waals surface area (Å²) < 4.78 is 13.9. The lowest BCUT2D eigenvalue weighted by atomic mass is 10.0. The Morgan fingerprint density at radius 1 is 1.35 bits per heavy atom. The minimum Gasteiger partial charge on any atom is -0.382 e. The summed E-state index contributed by atoms with van der Waals surface area (Å²) in [5.41, 5.74) is 2.13. The first-order valence-corrected chi connectivity index (χ1v) is 8.41. The molecule has 2 aromatic carbocycles. The maximum atomic E-state index is 13.2. The molecule has 3 rings (SSSR count). The maximum Gasteiger partial charge on any atom is 0.125 e. The highest BCUT2D eigenvalue weighted by Gasteiger charge is 2.22. The second kappa shape index (κ2) is 5.96. The second-order valence-electron chi connectivity index (χ2n) is 4.67. The lowest BCUT2D eigenvalue weighted by Gasteiger charge is -2.15. The van der Waals surface area contributed by atoms with Crippen LogP contribution in [0.5, 0.6) is 0 Å². The SMILES string of the molecule is Fc1cc(Cl)c(NCC2CSc3ccccc32)c(Br)c1. The fraction of sp³-hybridized carbons (Fsp3) is 0.200. The number of nitrogens with one attached hydrogen (secondary N) is 1. The summed E-state index contributed by atoms with van der Waals surface area (Å²) in [6.07, 6.45) is 0. The first-order valence-electron chi connectivity index (χ1n) is 6.25. The Kier molecular flexibility index (Phi) is 4.24. The maximum absolute atomic E-state index is 13.2. The van der Waals surface area contributed by atoms with Crippen LogP contribution < -0.4 is 5.32 Å². The Morgan fingerprint density at radius 3 is 2.95 bits per heavy atom. The Morgan fingerprint density at radius 2 is 2.15 bits per heavy atom. The van der Waals surface area contributed by atoms with Gasteiger partial charge in [-0.15, -0.1) is 11.8 Å². The molecule has 0 fully saturated rings.